The topological polar surface area (TPSA) is 105 Å². The molecular weight excluding hydrogens is 372 g/mol. The van der Waals surface area contributed by atoms with Gasteiger partial charge < -0.3 is 19.8 Å². The van der Waals surface area contributed by atoms with E-state index in [-0.39, 0.29) is 24.5 Å². The minimum atomic E-state index is -0.717. The van der Waals surface area contributed by atoms with Gasteiger partial charge in [0.2, 0.25) is 18.6 Å². The van der Waals surface area contributed by atoms with E-state index in [9.17, 15) is 9.59 Å². The van der Waals surface area contributed by atoms with E-state index in [1.165, 1.54) is 0 Å². The van der Waals surface area contributed by atoms with Crippen molar-refractivity contribution in [3.05, 3.63) is 48.0 Å². The molecule has 2 aromatic carbocycles. The zero-order valence-corrected chi connectivity index (χ0v) is 16.2. The van der Waals surface area contributed by atoms with Crippen LogP contribution in [0.25, 0.3) is 11.0 Å². The number of anilines is 1. The molecule has 3 N–H and O–H groups in total. The number of nitrogens with one attached hydrogen (secondary N) is 3. The molecule has 4 rings (SSSR count). The first-order chi connectivity index (χ1) is 14.0. The van der Waals surface area contributed by atoms with Gasteiger partial charge in [-0.15, -0.1) is 0 Å². The van der Waals surface area contributed by atoms with E-state index in [4.69, 9.17) is 9.47 Å². The van der Waals surface area contributed by atoms with Crippen molar-refractivity contribution in [2.45, 2.75) is 26.3 Å². The van der Waals surface area contributed by atoms with Gasteiger partial charge in [-0.05, 0) is 36.2 Å². The smallest absolute Gasteiger partial charge is 0.252 e. The molecule has 0 saturated carbocycles. The van der Waals surface area contributed by atoms with Gasteiger partial charge in [0.05, 0.1) is 11.0 Å². The van der Waals surface area contributed by atoms with Crippen LogP contribution in [-0.2, 0) is 4.79 Å². The molecule has 1 aliphatic heterocycles. The van der Waals surface area contributed by atoms with Crippen LogP contribution in [0.5, 0.6) is 11.5 Å². The fourth-order valence-corrected chi connectivity index (χ4v) is 3.17. The highest BCUT2D eigenvalue weighted by molar-refractivity contribution is 6.01. The quantitative estimate of drug-likeness (QED) is 0.596. The Morgan fingerprint density at radius 3 is 2.76 bits per heavy atom. The van der Waals surface area contributed by atoms with Gasteiger partial charge in [0.1, 0.15) is 6.04 Å². The van der Waals surface area contributed by atoms with Crippen LogP contribution in [0.15, 0.2) is 42.5 Å². The normalized spacial score (nSPS) is 14.4. The van der Waals surface area contributed by atoms with Crippen molar-refractivity contribution in [1.29, 1.82) is 0 Å². The van der Waals surface area contributed by atoms with Gasteiger partial charge in [0.15, 0.2) is 11.5 Å². The van der Waals surface area contributed by atoms with Crippen LogP contribution in [0.2, 0.25) is 0 Å². The van der Waals surface area contributed by atoms with E-state index in [0.29, 0.717) is 23.0 Å². The lowest BCUT2D eigenvalue weighted by Gasteiger charge is -2.23. The van der Waals surface area contributed by atoms with Crippen molar-refractivity contribution in [1.82, 2.24) is 15.3 Å². The number of fused-ring (bicyclic) bond motifs is 2. The highest BCUT2D eigenvalue weighted by Gasteiger charge is 2.28. The number of aromatic amines is 1. The molecule has 0 radical (unpaired) electrons. The van der Waals surface area contributed by atoms with Gasteiger partial charge in [-0.3, -0.25) is 14.9 Å². The third-order valence-electron chi connectivity index (χ3n) is 5.05. The van der Waals surface area contributed by atoms with Gasteiger partial charge >= 0.3 is 0 Å². The molecule has 2 unspecified atom stereocenters. The monoisotopic (exact) mass is 394 g/mol. The van der Waals surface area contributed by atoms with Crippen LogP contribution in [0.3, 0.4) is 0 Å². The summed E-state index contributed by atoms with van der Waals surface area (Å²) in [5.41, 5.74) is 1.98. The number of imidazole rings is 1. The molecule has 0 aliphatic carbocycles. The number of H-pyrrole nitrogens is 1. The summed E-state index contributed by atoms with van der Waals surface area (Å²) in [6.07, 6.45) is 0.722. The number of benzene rings is 2. The van der Waals surface area contributed by atoms with Crippen LogP contribution in [0.4, 0.5) is 5.95 Å². The average Bonchev–Trinajstić information content (AvgIpc) is 3.36. The molecule has 3 aromatic rings. The van der Waals surface area contributed by atoms with Crippen LogP contribution in [0.1, 0.15) is 30.6 Å². The molecule has 2 atom stereocenters. The van der Waals surface area contributed by atoms with Gasteiger partial charge in [-0.2, -0.15) is 0 Å². The Morgan fingerprint density at radius 2 is 1.97 bits per heavy atom. The maximum Gasteiger partial charge on any atom is 0.252 e. The average molecular weight is 394 g/mol. The van der Waals surface area contributed by atoms with Crippen LogP contribution in [-0.4, -0.2) is 34.6 Å². The first kappa shape index (κ1) is 18.8. The van der Waals surface area contributed by atoms with Crippen molar-refractivity contribution in [3.63, 3.8) is 0 Å². The fourth-order valence-electron chi connectivity index (χ4n) is 3.17. The second kappa shape index (κ2) is 7.83. The number of carbonyl (C=O) groups is 2. The third kappa shape index (κ3) is 3.87. The molecular formula is C21H22N4O4. The number of rotatable bonds is 6. The Hall–Kier alpha value is -3.55. The minimum Gasteiger partial charge on any atom is -0.454 e. The number of amides is 2. The lowest BCUT2D eigenvalue weighted by Crippen LogP contribution is -2.47. The van der Waals surface area contributed by atoms with Gasteiger partial charge in [0, 0.05) is 5.56 Å². The highest BCUT2D eigenvalue weighted by Crippen LogP contribution is 2.32. The van der Waals surface area contributed by atoms with Crippen LogP contribution >= 0.6 is 0 Å². The largest absolute Gasteiger partial charge is 0.454 e. The van der Waals surface area contributed by atoms with Crippen molar-refractivity contribution in [2.75, 3.05) is 12.1 Å². The second-order valence-corrected chi connectivity index (χ2v) is 7.00. The van der Waals surface area contributed by atoms with Crippen molar-refractivity contribution >= 4 is 28.8 Å². The van der Waals surface area contributed by atoms with E-state index >= 15 is 0 Å². The summed E-state index contributed by atoms with van der Waals surface area (Å²) in [7, 11) is 0. The maximum atomic E-state index is 12.9. The second-order valence-electron chi connectivity index (χ2n) is 7.00. The Labute approximate surface area is 167 Å². The van der Waals surface area contributed by atoms with Crippen LogP contribution in [0, 0.1) is 5.92 Å². The molecule has 29 heavy (non-hydrogen) atoms. The fraction of sp³-hybridized carbons (Fsp3) is 0.286. The lowest BCUT2D eigenvalue weighted by atomic mass is 9.98. The van der Waals surface area contributed by atoms with E-state index in [1.54, 1.807) is 18.2 Å². The van der Waals surface area contributed by atoms with E-state index in [2.05, 4.69) is 20.6 Å². The molecule has 8 nitrogen and oxygen atoms in total. The molecule has 0 bridgehead atoms. The molecule has 1 aliphatic rings. The number of aromatic nitrogens is 2. The number of hydrogen-bond acceptors (Lipinski definition) is 5. The van der Waals surface area contributed by atoms with Crippen LogP contribution < -0.4 is 20.1 Å². The number of carbonyl (C=O) groups excluding carboxylic acids is 2. The summed E-state index contributed by atoms with van der Waals surface area (Å²) in [6, 6.07) is 11.7. The van der Waals surface area contributed by atoms with Crippen molar-refractivity contribution in [3.8, 4) is 11.5 Å². The zero-order chi connectivity index (χ0) is 20.4. The predicted octanol–water partition coefficient (Wildman–Crippen LogP) is 3.07. The van der Waals surface area contributed by atoms with Gasteiger partial charge in [-0.25, -0.2) is 4.98 Å². The van der Waals surface area contributed by atoms with E-state index in [0.717, 1.165) is 17.5 Å². The molecule has 8 heteroatoms. The molecule has 150 valence electrons. The third-order valence-corrected chi connectivity index (χ3v) is 5.05. The first-order valence-electron chi connectivity index (χ1n) is 9.51. The van der Waals surface area contributed by atoms with E-state index < -0.39 is 6.04 Å². The Kier molecular flexibility index (Phi) is 5.07. The van der Waals surface area contributed by atoms with Crippen molar-refractivity contribution < 1.29 is 19.1 Å². The number of nitrogens with zero attached hydrogens (tertiary/aromatic N) is 1. The minimum absolute atomic E-state index is 0.0719. The van der Waals surface area contributed by atoms with Gasteiger partial charge in [0.25, 0.3) is 5.91 Å². The summed E-state index contributed by atoms with van der Waals surface area (Å²) < 4.78 is 10.6. The summed E-state index contributed by atoms with van der Waals surface area (Å²) in [4.78, 5) is 33.1. The van der Waals surface area contributed by atoms with E-state index in [1.807, 2.05) is 38.1 Å². The zero-order valence-electron chi connectivity index (χ0n) is 16.2. The highest BCUT2D eigenvalue weighted by atomic mass is 16.7. The number of hydrogen-bond donors (Lipinski definition) is 3. The standard InChI is InChI=1S/C21H22N4O4/c1-3-12(2)18(20(27)25-21-22-14-6-4-5-7-15(14)23-21)24-19(26)13-8-9-16-17(10-13)29-11-28-16/h4-10,12,18H,3,11H2,1-2H3,(H,24,26)(H2,22,23,25,27). The molecule has 0 spiro atoms. The number of ether oxygens (including phenoxy) is 2. The Bertz CT molecular complexity index is 1030. The summed E-state index contributed by atoms with van der Waals surface area (Å²) >= 11 is 0. The molecule has 2 heterocycles. The van der Waals surface area contributed by atoms with Gasteiger partial charge in [-0.1, -0.05) is 32.4 Å². The van der Waals surface area contributed by atoms with Crippen molar-refractivity contribution in [2.24, 2.45) is 5.92 Å². The molecule has 2 amide bonds. The first-order valence-corrected chi connectivity index (χ1v) is 9.51. The summed E-state index contributed by atoms with van der Waals surface area (Å²) in [5, 5.41) is 5.62. The Morgan fingerprint density at radius 1 is 1.17 bits per heavy atom. The summed E-state index contributed by atoms with van der Waals surface area (Å²) in [6.45, 7) is 4.03. The predicted molar refractivity (Wildman–Crippen MR) is 108 cm³/mol. The molecule has 1 aromatic heterocycles. The lowest BCUT2D eigenvalue weighted by molar-refractivity contribution is -0.119. The maximum absolute atomic E-state index is 12.9. The Balaban J connectivity index is 1.50. The summed E-state index contributed by atoms with van der Waals surface area (Å²) in [5.74, 6) is 0.715. The molecule has 0 fully saturated rings. The SMILES string of the molecule is CCC(C)C(NC(=O)c1ccc2c(c1)OCO2)C(=O)Nc1nc2ccccc2[nH]1. The molecule has 0 saturated heterocycles. The number of para-hydroxylation sites is 2.